The van der Waals surface area contributed by atoms with Crippen molar-refractivity contribution in [1.82, 2.24) is 5.32 Å². The van der Waals surface area contributed by atoms with Gasteiger partial charge < -0.3 is 14.8 Å². The van der Waals surface area contributed by atoms with Crippen molar-refractivity contribution in [2.45, 2.75) is 6.04 Å². The van der Waals surface area contributed by atoms with E-state index in [4.69, 9.17) is 9.47 Å². The molecule has 5 nitrogen and oxygen atoms in total. The van der Waals surface area contributed by atoms with Gasteiger partial charge in [0.15, 0.2) is 6.61 Å². The minimum Gasteiger partial charge on any atom is -0.497 e. The standard InChI is InChI=1S/C23H19F2NO4/c1-29-17-12-10-16(11-13-17)22(15-6-3-2-4-7-15)26-20(27)14-30-23(28)21-18(24)8-5-9-19(21)25/h2-13,22H,14H2,1H3,(H,26,27)/t22-/m0/s1. The molecule has 0 saturated heterocycles. The fourth-order valence-electron chi connectivity index (χ4n) is 2.90. The monoisotopic (exact) mass is 411 g/mol. The van der Waals surface area contributed by atoms with E-state index in [-0.39, 0.29) is 0 Å². The summed E-state index contributed by atoms with van der Waals surface area (Å²) in [6.07, 6.45) is 0. The molecule has 0 heterocycles. The maximum absolute atomic E-state index is 13.7. The summed E-state index contributed by atoms with van der Waals surface area (Å²) >= 11 is 0. The van der Waals surface area contributed by atoms with Gasteiger partial charge >= 0.3 is 5.97 Å². The number of nitrogens with one attached hydrogen (secondary N) is 1. The van der Waals surface area contributed by atoms with E-state index >= 15 is 0 Å². The smallest absolute Gasteiger partial charge is 0.344 e. The summed E-state index contributed by atoms with van der Waals surface area (Å²) in [6, 6.07) is 18.8. The van der Waals surface area contributed by atoms with Crippen LogP contribution >= 0.6 is 0 Å². The number of carbonyl (C=O) groups excluding carboxylic acids is 2. The second-order valence-corrected chi connectivity index (χ2v) is 6.36. The van der Waals surface area contributed by atoms with Crippen molar-refractivity contribution < 1.29 is 27.8 Å². The van der Waals surface area contributed by atoms with Gasteiger partial charge in [-0.05, 0) is 35.4 Å². The zero-order valence-electron chi connectivity index (χ0n) is 16.1. The summed E-state index contributed by atoms with van der Waals surface area (Å²) < 4.78 is 37.3. The number of amides is 1. The van der Waals surface area contributed by atoms with Crippen LogP contribution in [0.1, 0.15) is 27.5 Å². The number of hydrogen-bond donors (Lipinski definition) is 1. The van der Waals surface area contributed by atoms with E-state index in [0.717, 1.165) is 29.3 Å². The minimum atomic E-state index is -1.25. The predicted octanol–water partition coefficient (Wildman–Crippen LogP) is 4.04. The molecule has 3 aromatic rings. The first-order valence-corrected chi connectivity index (χ1v) is 9.09. The van der Waals surface area contributed by atoms with Gasteiger partial charge in [-0.25, -0.2) is 13.6 Å². The number of esters is 1. The van der Waals surface area contributed by atoms with E-state index in [1.165, 1.54) is 0 Å². The number of benzene rings is 3. The van der Waals surface area contributed by atoms with Gasteiger partial charge in [-0.2, -0.15) is 0 Å². The van der Waals surface area contributed by atoms with E-state index in [9.17, 15) is 18.4 Å². The molecule has 1 amide bonds. The van der Waals surface area contributed by atoms with Crippen LogP contribution in [0.4, 0.5) is 8.78 Å². The molecule has 0 aliphatic rings. The average molecular weight is 411 g/mol. The summed E-state index contributed by atoms with van der Waals surface area (Å²) in [5, 5.41) is 2.78. The van der Waals surface area contributed by atoms with E-state index < -0.39 is 41.7 Å². The molecule has 154 valence electrons. The molecule has 0 saturated carbocycles. The van der Waals surface area contributed by atoms with Gasteiger partial charge in [-0.15, -0.1) is 0 Å². The maximum Gasteiger partial charge on any atom is 0.344 e. The lowest BCUT2D eigenvalue weighted by molar-refractivity contribution is -0.124. The molecule has 7 heteroatoms. The van der Waals surface area contributed by atoms with E-state index in [2.05, 4.69) is 5.32 Å². The minimum absolute atomic E-state index is 0.520. The molecule has 1 atom stereocenters. The molecule has 0 bridgehead atoms. The number of hydrogen-bond acceptors (Lipinski definition) is 4. The average Bonchev–Trinajstić information content (AvgIpc) is 2.76. The van der Waals surface area contributed by atoms with Crippen LogP contribution in [-0.2, 0) is 9.53 Å². The number of rotatable bonds is 7. The molecule has 0 aliphatic heterocycles. The molecule has 0 unspecified atom stereocenters. The fourth-order valence-corrected chi connectivity index (χ4v) is 2.90. The van der Waals surface area contributed by atoms with Crippen molar-refractivity contribution in [2.24, 2.45) is 0 Å². The highest BCUT2D eigenvalue weighted by molar-refractivity contribution is 5.91. The summed E-state index contributed by atoms with van der Waals surface area (Å²) in [5.74, 6) is -3.31. The molecule has 1 N–H and O–H groups in total. The quantitative estimate of drug-likeness (QED) is 0.596. The first-order valence-electron chi connectivity index (χ1n) is 9.09. The summed E-state index contributed by atoms with van der Waals surface area (Å²) in [6.45, 7) is -0.688. The maximum atomic E-state index is 13.7. The molecule has 0 aliphatic carbocycles. The third-order valence-corrected chi connectivity index (χ3v) is 4.39. The second-order valence-electron chi connectivity index (χ2n) is 6.36. The first kappa shape index (κ1) is 21.0. The molecular formula is C23H19F2NO4. The molecule has 0 radical (unpaired) electrons. The van der Waals surface area contributed by atoms with Gasteiger partial charge in [0, 0.05) is 0 Å². The van der Waals surface area contributed by atoms with Crippen molar-refractivity contribution in [3.8, 4) is 5.75 Å². The van der Waals surface area contributed by atoms with Gasteiger partial charge in [0.1, 0.15) is 22.9 Å². The highest BCUT2D eigenvalue weighted by atomic mass is 19.1. The Kier molecular flexibility index (Phi) is 6.75. The number of carbonyl (C=O) groups is 2. The number of halogens is 2. The van der Waals surface area contributed by atoms with Crippen LogP contribution < -0.4 is 10.1 Å². The lowest BCUT2D eigenvalue weighted by Gasteiger charge is -2.20. The topological polar surface area (TPSA) is 64.6 Å². The van der Waals surface area contributed by atoms with E-state index in [1.54, 1.807) is 31.4 Å². The largest absolute Gasteiger partial charge is 0.497 e. The Balaban J connectivity index is 1.72. The Morgan fingerprint density at radius 3 is 2.07 bits per heavy atom. The van der Waals surface area contributed by atoms with Crippen LogP contribution in [0.2, 0.25) is 0 Å². The summed E-state index contributed by atoms with van der Waals surface area (Å²) in [5.41, 5.74) is 0.754. The van der Waals surface area contributed by atoms with Crippen LogP contribution in [-0.4, -0.2) is 25.6 Å². The Morgan fingerprint density at radius 1 is 0.867 bits per heavy atom. The van der Waals surface area contributed by atoms with Gasteiger partial charge in [0.2, 0.25) is 0 Å². The fraction of sp³-hybridized carbons (Fsp3) is 0.130. The SMILES string of the molecule is COc1ccc([C@@H](NC(=O)COC(=O)c2c(F)cccc2F)c2ccccc2)cc1. The third kappa shape index (κ3) is 5.00. The van der Waals surface area contributed by atoms with Gasteiger partial charge in [0.25, 0.3) is 5.91 Å². The van der Waals surface area contributed by atoms with Crippen LogP contribution in [0.5, 0.6) is 5.75 Å². The highest BCUT2D eigenvalue weighted by Gasteiger charge is 2.21. The predicted molar refractivity (Wildman–Crippen MR) is 106 cm³/mol. The molecule has 0 aromatic heterocycles. The van der Waals surface area contributed by atoms with Crippen molar-refractivity contribution in [2.75, 3.05) is 13.7 Å². The molecule has 3 rings (SSSR count). The third-order valence-electron chi connectivity index (χ3n) is 4.39. The van der Waals surface area contributed by atoms with Crippen LogP contribution in [0.3, 0.4) is 0 Å². The van der Waals surface area contributed by atoms with Gasteiger partial charge in [-0.1, -0.05) is 48.5 Å². The van der Waals surface area contributed by atoms with Crippen LogP contribution in [0.15, 0.2) is 72.8 Å². The molecule has 0 spiro atoms. The number of methoxy groups -OCH3 is 1. The lowest BCUT2D eigenvalue weighted by atomic mass is 9.98. The van der Waals surface area contributed by atoms with Crippen molar-refractivity contribution in [3.05, 3.63) is 101 Å². The highest BCUT2D eigenvalue weighted by Crippen LogP contribution is 2.24. The molecule has 3 aromatic carbocycles. The van der Waals surface area contributed by atoms with Crippen LogP contribution in [0.25, 0.3) is 0 Å². The number of ether oxygens (including phenoxy) is 2. The zero-order chi connectivity index (χ0) is 21.5. The summed E-state index contributed by atoms with van der Waals surface area (Å²) in [4.78, 5) is 24.4. The van der Waals surface area contributed by atoms with Crippen molar-refractivity contribution in [1.29, 1.82) is 0 Å². The van der Waals surface area contributed by atoms with Crippen LogP contribution in [0, 0.1) is 11.6 Å². The summed E-state index contributed by atoms with van der Waals surface area (Å²) in [7, 11) is 1.55. The van der Waals surface area contributed by atoms with E-state index in [0.29, 0.717) is 5.75 Å². The zero-order valence-corrected chi connectivity index (χ0v) is 16.1. The molecular weight excluding hydrogens is 392 g/mol. The van der Waals surface area contributed by atoms with Gasteiger partial charge in [-0.3, -0.25) is 4.79 Å². The second kappa shape index (κ2) is 9.65. The molecule has 0 fully saturated rings. The lowest BCUT2D eigenvalue weighted by Crippen LogP contribution is -2.33. The molecule has 30 heavy (non-hydrogen) atoms. The van der Waals surface area contributed by atoms with E-state index in [1.807, 2.05) is 30.3 Å². The Hall–Kier alpha value is -3.74. The Morgan fingerprint density at radius 2 is 1.47 bits per heavy atom. The normalized spacial score (nSPS) is 11.4. The Bertz CT molecular complexity index is 1000. The van der Waals surface area contributed by atoms with Crippen molar-refractivity contribution >= 4 is 11.9 Å². The van der Waals surface area contributed by atoms with Gasteiger partial charge in [0.05, 0.1) is 13.2 Å². The Labute approximate surface area is 172 Å². The first-order chi connectivity index (χ1) is 14.5. The van der Waals surface area contributed by atoms with Crippen molar-refractivity contribution in [3.63, 3.8) is 0 Å².